The molecule has 2 rings (SSSR count). The van der Waals surface area contributed by atoms with Crippen LogP contribution in [0.25, 0.3) is 0 Å². The van der Waals surface area contributed by atoms with Crippen LogP contribution in [0.5, 0.6) is 0 Å². The largest absolute Gasteiger partial charge is 0.342 e. The molecule has 1 aliphatic heterocycles. The van der Waals surface area contributed by atoms with E-state index >= 15 is 0 Å². The second-order valence-electron chi connectivity index (χ2n) is 7.43. The van der Waals surface area contributed by atoms with Gasteiger partial charge < -0.3 is 10.2 Å². The van der Waals surface area contributed by atoms with Crippen molar-refractivity contribution in [3.05, 3.63) is 0 Å². The molecular weight excluding hydrogens is 240 g/mol. The first-order valence-electron chi connectivity index (χ1n) is 7.32. The Balaban J connectivity index is 2.26. The average Bonchev–Trinajstić information content (AvgIpc) is 3.04. The van der Waals surface area contributed by atoms with E-state index in [1.165, 1.54) is 12.8 Å². The molecule has 0 radical (unpaired) electrons. The Morgan fingerprint density at radius 3 is 2.26 bits per heavy atom. The van der Waals surface area contributed by atoms with Crippen LogP contribution in [-0.4, -0.2) is 35.3 Å². The van der Waals surface area contributed by atoms with E-state index in [9.17, 15) is 9.59 Å². The van der Waals surface area contributed by atoms with E-state index in [0.717, 1.165) is 6.54 Å². The number of carbonyl (C=O) groups is 2. The van der Waals surface area contributed by atoms with Gasteiger partial charge in [-0.15, -0.1) is 0 Å². The lowest BCUT2D eigenvalue weighted by molar-refractivity contribution is -0.155. The van der Waals surface area contributed by atoms with E-state index in [0.29, 0.717) is 5.92 Å². The number of nitrogens with one attached hydrogen (secondary N) is 1. The molecule has 1 N–H and O–H groups in total. The third kappa shape index (κ3) is 2.93. The van der Waals surface area contributed by atoms with Crippen LogP contribution in [0.3, 0.4) is 0 Å². The highest BCUT2D eigenvalue weighted by Gasteiger charge is 2.47. The molecule has 108 valence electrons. The zero-order valence-electron chi connectivity index (χ0n) is 12.7. The fourth-order valence-electron chi connectivity index (χ4n) is 2.83. The van der Waals surface area contributed by atoms with E-state index in [1.54, 1.807) is 0 Å². The Kier molecular flexibility index (Phi) is 3.63. The van der Waals surface area contributed by atoms with Gasteiger partial charge in [0.15, 0.2) is 0 Å². The van der Waals surface area contributed by atoms with Crippen LogP contribution in [0.2, 0.25) is 0 Å². The summed E-state index contributed by atoms with van der Waals surface area (Å²) in [5, 5.41) is 2.92. The van der Waals surface area contributed by atoms with Crippen molar-refractivity contribution >= 4 is 11.8 Å². The van der Waals surface area contributed by atoms with Gasteiger partial charge in [-0.1, -0.05) is 34.6 Å². The zero-order valence-corrected chi connectivity index (χ0v) is 12.7. The van der Waals surface area contributed by atoms with Crippen molar-refractivity contribution in [2.24, 2.45) is 17.3 Å². The molecule has 0 aromatic rings. The molecule has 1 saturated heterocycles. The number of rotatable bonds is 3. The Morgan fingerprint density at radius 1 is 1.26 bits per heavy atom. The summed E-state index contributed by atoms with van der Waals surface area (Å²) in [6, 6.07) is -0.694. The third-order valence-corrected chi connectivity index (χ3v) is 4.05. The fourth-order valence-corrected chi connectivity index (χ4v) is 2.83. The second-order valence-corrected chi connectivity index (χ2v) is 7.43. The number of hydrogen-bond donors (Lipinski definition) is 1. The molecule has 0 spiro atoms. The van der Waals surface area contributed by atoms with Gasteiger partial charge >= 0.3 is 0 Å². The summed E-state index contributed by atoms with van der Waals surface area (Å²) in [7, 11) is 0. The highest BCUT2D eigenvalue weighted by atomic mass is 16.2. The summed E-state index contributed by atoms with van der Waals surface area (Å²) in [6.07, 6.45) is 2.38. The van der Waals surface area contributed by atoms with Crippen LogP contribution in [0.4, 0.5) is 0 Å². The van der Waals surface area contributed by atoms with E-state index < -0.39 is 0 Å². The van der Waals surface area contributed by atoms with Crippen molar-refractivity contribution in [2.45, 2.75) is 59.5 Å². The van der Waals surface area contributed by atoms with Crippen molar-refractivity contribution < 1.29 is 9.59 Å². The molecule has 1 heterocycles. The molecule has 0 aromatic heterocycles. The van der Waals surface area contributed by atoms with Crippen LogP contribution in [-0.2, 0) is 9.59 Å². The standard InChI is InChI=1S/C15H26N2O2/c1-9(2)11-14(19)17(8-10-6-7-10)12(13(18)16-11)15(3,4)5/h9-12H,6-8H2,1-5H3,(H,16,18). The molecule has 2 amide bonds. The topological polar surface area (TPSA) is 49.4 Å². The molecule has 2 fully saturated rings. The monoisotopic (exact) mass is 266 g/mol. The lowest BCUT2D eigenvalue weighted by Gasteiger charge is -2.45. The molecule has 4 heteroatoms. The Morgan fingerprint density at radius 2 is 1.84 bits per heavy atom. The van der Waals surface area contributed by atoms with Crippen LogP contribution in [0.15, 0.2) is 0 Å². The molecule has 1 aliphatic carbocycles. The summed E-state index contributed by atoms with van der Waals surface area (Å²) in [5.41, 5.74) is -0.226. The molecule has 2 aliphatic rings. The number of hydrogen-bond acceptors (Lipinski definition) is 2. The van der Waals surface area contributed by atoms with Gasteiger partial charge in [-0.3, -0.25) is 9.59 Å². The first-order chi connectivity index (χ1) is 8.71. The van der Waals surface area contributed by atoms with Crippen molar-refractivity contribution in [3.8, 4) is 0 Å². The van der Waals surface area contributed by atoms with Crippen LogP contribution in [0, 0.1) is 17.3 Å². The maximum absolute atomic E-state index is 12.6. The van der Waals surface area contributed by atoms with Gasteiger partial charge in [-0.2, -0.15) is 0 Å². The molecule has 1 saturated carbocycles. The lowest BCUT2D eigenvalue weighted by Crippen LogP contribution is -2.68. The summed E-state index contributed by atoms with van der Waals surface area (Å²) in [4.78, 5) is 26.9. The van der Waals surface area contributed by atoms with E-state index in [1.807, 2.05) is 39.5 Å². The smallest absolute Gasteiger partial charge is 0.246 e. The van der Waals surface area contributed by atoms with Gasteiger partial charge in [0.05, 0.1) is 0 Å². The van der Waals surface area contributed by atoms with Gasteiger partial charge in [-0.05, 0) is 30.1 Å². The summed E-state index contributed by atoms with van der Waals surface area (Å²) >= 11 is 0. The Labute approximate surface area is 115 Å². The quantitative estimate of drug-likeness (QED) is 0.846. The van der Waals surface area contributed by atoms with E-state index in [2.05, 4.69) is 5.32 Å². The first-order valence-corrected chi connectivity index (χ1v) is 7.32. The second kappa shape index (κ2) is 4.80. The van der Waals surface area contributed by atoms with Gasteiger partial charge in [0.25, 0.3) is 0 Å². The SMILES string of the molecule is CC(C)C1NC(=O)C(C(C)(C)C)N(CC2CC2)C1=O. The minimum absolute atomic E-state index is 0.00597. The highest BCUT2D eigenvalue weighted by molar-refractivity contribution is 5.97. The van der Waals surface area contributed by atoms with Crippen molar-refractivity contribution in [1.29, 1.82) is 0 Å². The van der Waals surface area contributed by atoms with E-state index in [-0.39, 0.29) is 35.2 Å². The van der Waals surface area contributed by atoms with Crippen LogP contribution in [0.1, 0.15) is 47.5 Å². The minimum atomic E-state index is -0.357. The fraction of sp³-hybridized carbons (Fsp3) is 0.867. The molecule has 19 heavy (non-hydrogen) atoms. The molecule has 2 unspecified atom stereocenters. The summed E-state index contributed by atoms with van der Waals surface area (Å²) in [6.45, 7) is 10.8. The van der Waals surface area contributed by atoms with Crippen molar-refractivity contribution in [3.63, 3.8) is 0 Å². The van der Waals surface area contributed by atoms with Gasteiger partial charge in [0.2, 0.25) is 11.8 Å². The Bertz CT molecular complexity index is 380. The summed E-state index contributed by atoms with van der Waals surface area (Å²) < 4.78 is 0. The Hall–Kier alpha value is -1.06. The predicted molar refractivity (Wildman–Crippen MR) is 74.4 cm³/mol. The predicted octanol–water partition coefficient (Wildman–Crippen LogP) is 1.79. The third-order valence-electron chi connectivity index (χ3n) is 4.05. The molecule has 4 nitrogen and oxygen atoms in total. The van der Waals surface area contributed by atoms with Crippen LogP contribution < -0.4 is 5.32 Å². The molecule has 0 aromatic carbocycles. The van der Waals surface area contributed by atoms with Crippen molar-refractivity contribution in [1.82, 2.24) is 10.2 Å². The minimum Gasteiger partial charge on any atom is -0.342 e. The number of carbonyl (C=O) groups excluding carboxylic acids is 2. The average molecular weight is 266 g/mol. The summed E-state index contributed by atoms with van der Waals surface area (Å²) in [5.74, 6) is 0.847. The molecular formula is C15H26N2O2. The number of piperazine rings is 1. The first kappa shape index (κ1) is 14.4. The number of nitrogens with zero attached hydrogens (tertiary/aromatic N) is 1. The van der Waals surface area contributed by atoms with Gasteiger partial charge in [0.1, 0.15) is 12.1 Å². The van der Waals surface area contributed by atoms with E-state index in [4.69, 9.17) is 0 Å². The van der Waals surface area contributed by atoms with Crippen molar-refractivity contribution in [2.75, 3.05) is 6.54 Å². The lowest BCUT2D eigenvalue weighted by atomic mass is 9.82. The highest BCUT2D eigenvalue weighted by Crippen LogP contribution is 2.35. The van der Waals surface area contributed by atoms with Gasteiger partial charge in [0, 0.05) is 6.54 Å². The number of amides is 2. The molecule has 2 atom stereocenters. The van der Waals surface area contributed by atoms with Gasteiger partial charge in [-0.25, -0.2) is 0 Å². The molecule has 0 bridgehead atoms. The van der Waals surface area contributed by atoms with Crippen LogP contribution >= 0.6 is 0 Å². The maximum Gasteiger partial charge on any atom is 0.246 e. The maximum atomic E-state index is 12.6. The zero-order chi connectivity index (χ0) is 14.4. The normalized spacial score (nSPS) is 28.8.